The first-order chi connectivity index (χ1) is 10.7. The predicted molar refractivity (Wildman–Crippen MR) is 78.2 cm³/mol. The highest BCUT2D eigenvalue weighted by Crippen LogP contribution is 2.34. The van der Waals surface area contributed by atoms with Gasteiger partial charge in [0.2, 0.25) is 0 Å². The van der Waals surface area contributed by atoms with Crippen LogP contribution in [-0.4, -0.2) is 50.5 Å². The number of anilines is 1. The van der Waals surface area contributed by atoms with E-state index in [4.69, 9.17) is 4.74 Å². The molecule has 1 atom stereocenters. The first-order valence-corrected chi connectivity index (χ1v) is 7.36. The lowest BCUT2D eigenvalue weighted by molar-refractivity contribution is -0.251. The number of halogens is 3. The Kier molecular flexibility index (Phi) is 3.70. The number of rotatable bonds is 2. The van der Waals surface area contributed by atoms with Crippen molar-refractivity contribution >= 4 is 17.0 Å². The lowest BCUT2D eigenvalue weighted by Gasteiger charge is -2.43. The lowest BCUT2D eigenvalue weighted by Crippen LogP contribution is -2.57. The van der Waals surface area contributed by atoms with E-state index in [-0.39, 0.29) is 6.54 Å². The van der Waals surface area contributed by atoms with E-state index >= 15 is 0 Å². The van der Waals surface area contributed by atoms with Crippen molar-refractivity contribution in [3.8, 4) is 0 Å². The molecule has 2 aromatic heterocycles. The van der Waals surface area contributed by atoms with Crippen molar-refractivity contribution in [3.63, 3.8) is 0 Å². The normalized spacial score (nSPS) is 21.8. The molecule has 0 aliphatic carbocycles. The molecule has 126 valence electrons. The molecule has 0 radical (unpaired) electrons. The molecule has 0 saturated carbocycles. The van der Waals surface area contributed by atoms with Crippen molar-refractivity contribution in [3.05, 3.63) is 12.7 Å². The Hall–Kier alpha value is -1.90. The van der Waals surface area contributed by atoms with E-state index in [1.165, 1.54) is 6.33 Å². The maximum Gasteiger partial charge on any atom is 0.416 e. The van der Waals surface area contributed by atoms with Crippen LogP contribution in [0.4, 0.5) is 19.0 Å². The lowest BCUT2D eigenvalue weighted by atomic mass is 10.0. The quantitative estimate of drug-likeness (QED) is 0.847. The number of imidazole rings is 1. The topological polar surface area (TPSA) is 56.1 Å². The highest BCUT2D eigenvalue weighted by Gasteiger charge is 2.48. The van der Waals surface area contributed by atoms with Crippen LogP contribution in [0.15, 0.2) is 12.7 Å². The van der Waals surface area contributed by atoms with Gasteiger partial charge < -0.3 is 14.2 Å². The van der Waals surface area contributed by atoms with Crippen LogP contribution >= 0.6 is 0 Å². The minimum absolute atomic E-state index is 0.296. The zero-order chi connectivity index (χ0) is 16.8. The molecule has 1 aliphatic rings. The zero-order valence-electron chi connectivity index (χ0n) is 13.1. The summed E-state index contributed by atoms with van der Waals surface area (Å²) in [7, 11) is 0. The zero-order valence-corrected chi connectivity index (χ0v) is 13.1. The molecule has 1 unspecified atom stereocenters. The Morgan fingerprint density at radius 1 is 1.30 bits per heavy atom. The van der Waals surface area contributed by atoms with Gasteiger partial charge in [-0.2, -0.15) is 13.2 Å². The van der Waals surface area contributed by atoms with Gasteiger partial charge in [0.1, 0.15) is 6.33 Å². The third kappa shape index (κ3) is 2.97. The Labute approximate surface area is 131 Å². The number of hydrogen-bond donors (Lipinski definition) is 0. The van der Waals surface area contributed by atoms with Crippen LogP contribution in [0.2, 0.25) is 0 Å². The van der Waals surface area contributed by atoms with Gasteiger partial charge in [0.05, 0.1) is 18.5 Å². The van der Waals surface area contributed by atoms with Gasteiger partial charge in [-0.25, -0.2) is 15.0 Å². The Morgan fingerprint density at radius 3 is 2.70 bits per heavy atom. The SMILES string of the molecule is CCn1cnc2c(N3CC(C(F)(F)F)OC(C)(C)C3)ncnc21. The fraction of sp³-hybridized carbons (Fsp3) is 0.643. The van der Waals surface area contributed by atoms with Gasteiger partial charge in [-0.3, -0.25) is 0 Å². The van der Waals surface area contributed by atoms with Crippen LogP contribution < -0.4 is 4.90 Å². The summed E-state index contributed by atoms with van der Waals surface area (Å²) in [6.07, 6.45) is -3.30. The largest absolute Gasteiger partial charge is 0.416 e. The number of hydrogen-bond acceptors (Lipinski definition) is 5. The average Bonchev–Trinajstić information content (AvgIpc) is 2.87. The second-order valence-electron chi connectivity index (χ2n) is 6.19. The first kappa shape index (κ1) is 16.0. The summed E-state index contributed by atoms with van der Waals surface area (Å²) in [6, 6.07) is 0. The van der Waals surface area contributed by atoms with Gasteiger partial charge in [-0.05, 0) is 20.8 Å². The third-order valence-corrected chi connectivity index (χ3v) is 3.81. The molecule has 1 aliphatic heterocycles. The van der Waals surface area contributed by atoms with E-state index in [0.717, 1.165) is 0 Å². The van der Waals surface area contributed by atoms with Gasteiger partial charge in [0, 0.05) is 13.1 Å². The van der Waals surface area contributed by atoms with Gasteiger partial charge in [-0.15, -0.1) is 0 Å². The molecular formula is C14H18F3N5O. The van der Waals surface area contributed by atoms with Crippen molar-refractivity contribution in [2.24, 2.45) is 0 Å². The van der Waals surface area contributed by atoms with Gasteiger partial charge in [0.25, 0.3) is 0 Å². The maximum atomic E-state index is 13.1. The summed E-state index contributed by atoms with van der Waals surface area (Å²) in [4.78, 5) is 14.2. The number of aryl methyl sites for hydroxylation is 1. The van der Waals surface area contributed by atoms with Crippen molar-refractivity contribution in [2.75, 3.05) is 18.0 Å². The summed E-state index contributed by atoms with van der Waals surface area (Å²) in [5.41, 5.74) is 0.182. The fourth-order valence-electron chi connectivity index (χ4n) is 2.85. The Bertz CT molecular complexity index is 712. The molecule has 0 spiro atoms. The summed E-state index contributed by atoms with van der Waals surface area (Å²) < 4.78 is 46.4. The van der Waals surface area contributed by atoms with Crippen LogP contribution in [-0.2, 0) is 11.3 Å². The molecule has 6 nitrogen and oxygen atoms in total. The predicted octanol–water partition coefficient (Wildman–Crippen LogP) is 2.39. The van der Waals surface area contributed by atoms with Crippen LogP contribution in [0.1, 0.15) is 20.8 Å². The highest BCUT2D eigenvalue weighted by molar-refractivity contribution is 5.83. The fourth-order valence-corrected chi connectivity index (χ4v) is 2.85. The average molecular weight is 329 g/mol. The summed E-state index contributed by atoms with van der Waals surface area (Å²) in [5, 5.41) is 0. The number of fused-ring (bicyclic) bond motifs is 1. The van der Waals surface area contributed by atoms with Gasteiger partial charge in [0.15, 0.2) is 23.1 Å². The van der Waals surface area contributed by atoms with Crippen LogP contribution in [0, 0.1) is 0 Å². The van der Waals surface area contributed by atoms with E-state index in [1.54, 1.807) is 25.1 Å². The minimum atomic E-state index is -4.43. The van der Waals surface area contributed by atoms with E-state index in [2.05, 4.69) is 15.0 Å². The highest BCUT2D eigenvalue weighted by atomic mass is 19.4. The summed E-state index contributed by atoms with van der Waals surface area (Å²) in [5.74, 6) is 0.410. The minimum Gasteiger partial charge on any atom is -0.359 e. The van der Waals surface area contributed by atoms with Crippen molar-refractivity contribution in [1.29, 1.82) is 0 Å². The molecule has 3 rings (SSSR count). The second kappa shape index (κ2) is 5.33. The second-order valence-corrected chi connectivity index (χ2v) is 6.19. The molecular weight excluding hydrogens is 311 g/mol. The van der Waals surface area contributed by atoms with E-state index < -0.39 is 17.9 Å². The molecule has 0 N–H and O–H groups in total. The number of morpholine rings is 1. The molecule has 2 aromatic rings. The number of nitrogens with zero attached hydrogens (tertiary/aromatic N) is 5. The van der Waals surface area contributed by atoms with Gasteiger partial charge >= 0.3 is 6.18 Å². The van der Waals surface area contributed by atoms with E-state index in [9.17, 15) is 13.2 Å². The van der Waals surface area contributed by atoms with Crippen molar-refractivity contribution in [2.45, 2.75) is 45.2 Å². The molecule has 0 aromatic carbocycles. The molecule has 23 heavy (non-hydrogen) atoms. The summed E-state index contributed by atoms with van der Waals surface area (Å²) >= 11 is 0. The molecule has 3 heterocycles. The molecule has 0 bridgehead atoms. The monoisotopic (exact) mass is 329 g/mol. The molecule has 1 fully saturated rings. The Balaban J connectivity index is 2.02. The number of alkyl halides is 3. The standard InChI is InChI=1S/C14H18F3N5O/c1-4-21-8-20-10-11(21)18-7-19-12(10)22-5-9(14(15,16)17)23-13(2,3)6-22/h7-9H,4-6H2,1-3H3. The molecule has 1 saturated heterocycles. The first-order valence-electron chi connectivity index (χ1n) is 7.36. The Morgan fingerprint density at radius 2 is 2.04 bits per heavy atom. The van der Waals surface area contributed by atoms with Crippen LogP contribution in [0.5, 0.6) is 0 Å². The van der Waals surface area contributed by atoms with Crippen LogP contribution in [0.25, 0.3) is 11.2 Å². The number of ether oxygens (including phenoxy) is 1. The smallest absolute Gasteiger partial charge is 0.359 e. The van der Waals surface area contributed by atoms with Gasteiger partial charge in [-0.1, -0.05) is 0 Å². The molecule has 9 heteroatoms. The van der Waals surface area contributed by atoms with E-state index in [1.807, 2.05) is 11.5 Å². The van der Waals surface area contributed by atoms with Crippen molar-refractivity contribution in [1.82, 2.24) is 19.5 Å². The van der Waals surface area contributed by atoms with E-state index in [0.29, 0.717) is 30.1 Å². The maximum absolute atomic E-state index is 13.1. The van der Waals surface area contributed by atoms with Crippen molar-refractivity contribution < 1.29 is 17.9 Å². The number of aromatic nitrogens is 4. The molecule has 0 amide bonds. The van der Waals surface area contributed by atoms with Crippen LogP contribution in [0.3, 0.4) is 0 Å². The summed E-state index contributed by atoms with van der Waals surface area (Å²) in [6.45, 7) is 5.89. The third-order valence-electron chi connectivity index (χ3n) is 3.81.